The van der Waals surface area contributed by atoms with E-state index in [9.17, 15) is 4.79 Å². The number of carbonyl (C=O) groups is 1. The van der Waals surface area contributed by atoms with E-state index >= 15 is 0 Å². The minimum Gasteiger partial charge on any atom is -0.371 e. The first-order valence-electron chi connectivity index (χ1n) is 9.49. The van der Waals surface area contributed by atoms with Crippen molar-refractivity contribution in [3.63, 3.8) is 0 Å². The Kier molecular flexibility index (Phi) is 5.48. The lowest BCUT2D eigenvalue weighted by Crippen LogP contribution is -2.26. The van der Waals surface area contributed by atoms with E-state index < -0.39 is 0 Å². The summed E-state index contributed by atoms with van der Waals surface area (Å²) in [6.07, 6.45) is 10.1. The Hall–Kier alpha value is -2.27. The summed E-state index contributed by atoms with van der Waals surface area (Å²) in [7, 11) is 0. The van der Waals surface area contributed by atoms with Crippen molar-refractivity contribution in [3.05, 3.63) is 60.4 Å². The first-order valence-corrected chi connectivity index (χ1v) is 10.7. The van der Waals surface area contributed by atoms with Gasteiger partial charge in [0, 0.05) is 48.7 Å². The van der Waals surface area contributed by atoms with E-state index in [2.05, 4.69) is 45.7 Å². The molecule has 140 valence electrons. The average molecular weight is 380 g/mol. The molecule has 1 saturated carbocycles. The molecule has 1 saturated heterocycles. The number of rotatable bonds is 7. The van der Waals surface area contributed by atoms with Gasteiger partial charge in [0.15, 0.2) is 0 Å². The van der Waals surface area contributed by atoms with Crippen LogP contribution in [-0.4, -0.2) is 36.8 Å². The summed E-state index contributed by atoms with van der Waals surface area (Å²) < 4.78 is 0. The van der Waals surface area contributed by atoms with Gasteiger partial charge >= 0.3 is 0 Å². The van der Waals surface area contributed by atoms with Crippen molar-refractivity contribution in [2.45, 2.75) is 11.3 Å². The van der Waals surface area contributed by atoms with Crippen molar-refractivity contribution in [1.29, 1.82) is 0 Å². The molecule has 1 N–H and O–H groups in total. The molecule has 5 heteroatoms. The zero-order valence-electron chi connectivity index (χ0n) is 15.5. The second kappa shape index (κ2) is 8.17. The molecule has 2 aliphatic rings. The molecule has 0 spiro atoms. The molecular weight excluding hydrogens is 354 g/mol. The Balaban J connectivity index is 1.18. The molecule has 2 aromatic rings. The zero-order chi connectivity index (χ0) is 18.6. The molecule has 4 nitrogen and oxygen atoms in total. The molecule has 4 rings (SSSR count). The highest BCUT2D eigenvalue weighted by atomic mass is 32.2. The number of amides is 1. The molecular formula is C22H25N3OS. The minimum absolute atomic E-state index is 0.0276. The van der Waals surface area contributed by atoms with Crippen molar-refractivity contribution < 1.29 is 4.79 Å². The monoisotopic (exact) mass is 379 g/mol. The number of thioether (sulfide) groups is 1. The number of hydrogen-bond acceptors (Lipinski definition) is 4. The molecule has 1 aliphatic heterocycles. The molecule has 27 heavy (non-hydrogen) atoms. The highest BCUT2D eigenvalue weighted by molar-refractivity contribution is 7.98. The number of hydrogen-bond donors (Lipinski definition) is 1. The summed E-state index contributed by atoms with van der Waals surface area (Å²) in [5, 5.41) is 3.01. The smallest absolute Gasteiger partial charge is 0.244 e. The first-order chi connectivity index (χ1) is 13.2. The second-order valence-corrected chi connectivity index (χ2v) is 8.18. The third kappa shape index (κ3) is 4.35. The molecule has 2 atom stereocenters. The summed E-state index contributed by atoms with van der Waals surface area (Å²) in [6.45, 7) is 3.07. The molecule has 1 aromatic carbocycles. The lowest BCUT2D eigenvalue weighted by molar-refractivity contribution is -0.116. The van der Waals surface area contributed by atoms with E-state index in [1.165, 1.54) is 10.6 Å². The van der Waals surface area contributed by atoms with Crippen LogP contribution < -0.4 is 10.2 Å². The molecule has 1 amide bonds. The maximum absolute atomic E-state index is 11.9. The van der Waals surface area contributed by atoms with E-state index in [1.54, 1.807) is 36.3 Å². The van der Waals surface area contributed by atoms with Crippen molar-refractivity contribution >= 4 is 29.4 Å². The number of aromatic nitrogens is 1. The van der Waals surface area contributed by atoms with E-state index in [-0.39, 0.29) is 5.91 Å². The number of nitrogens with one attached hydrogen (secondary N) is 1. The lowest BCUT2D eigenvalue weighted by atomic mass is 10.2. The third-order valence-electron chi connectivity index (χ3n) is 5.68. The van der Waals surface area contributed by atoms with Crippen LogP contribution in [-0.2, 0) is 4.79 Å². The maximum Gasteiger partial charge on any atom is 0.244 e. The van der Waals surface area contributed by atoms with Gasteiger partial charge in [0.05, 0.1) is 0 Å². The van der Waals surface area contributed by atoms with Gasteiger partial charge in [0.2, 0.25) is 5.91 Å². The summed E-state index contributed by atoms with van der Waals surface area (Å²) in [4.78, 5) is 19.8. The fourth-order valence-electron chi connectivity index (χ4n) is 4.16. The fraction of sp³-hybridized carbons (Fsp3) is 0.364. The fourth-order valence-corrected chi connectivity index (χ4v) is 4.62. The second-order valence-electron chi connectivity index (χ2n) is 7.30. The van der Waals surface area contributed by atoms with Crippen molar-refractivity contribution in [3.8, 4) is 0 Å². The van der Waals surface area contributed by atoms with E-state index in [4.69, 9.17) is 0 Å². The maximum atomic E-state index is 11.9. The highest BCUT2D eigenvalue weighted by Crippen LogP contribution is 2.54. The summed E-state index contributed by atoms with van der Waals surface area (Å²) in [5.74, 6) is 2.34. The molecule has 0 bridgehead atoms. The SMILES string of the molecule is CSc1cccc(N2CC3C(CCNC(=O)/C=C/c4cccnc4)C3C2)c1. The number of nitrogens with zero attached hydrogens (tertiary/aromatic N) is 2. The van der Waals surface area contributed by atoms with Gasteiger partial charge in [-0.3, -0.25) is 9.78 Å². The van der Waals surface area contributed by atoms with Gasteiger partial charge < -0.3 is 10.2 Å². The molecule has 0 radical (unpaired) electrons. The number of fused-ring (bicyclic) bond motifs is 1. The van der Waals surface area contributed by atoms with Gasteiger partial charge in [-0.1, -0.05) is 12.1 Å². The van der Waals surface area contributed by atoms with Crippen LogP contribution in [0.4, 0.5) is 5.69 Å². The van der Waals surface area contributed by atoms with Crippen LogP contribution in [0.1, 0.15) is 12.0 Å². The normalized spacial score (nSPS) is 23.4. The molecule has 2 unspecified atom stereocenters. The number of pyridine rings is 1. The average Bonchev–Trinajstić information content (AvgIpc) is 3.15. The van der Waals surface area contributed by atoms with Gasteiger partial charge in [-0.2, -0.15) is 0 Å². The van der Waals surface area contributed by atoms with Crippen LogP contribution in [0.5, 0.6) is 0 Å². The Bertz CT molecular complexity index is 811. The largest absolute Gasteiger partial charge is 0.371 e. The van der Waals surface area contributed by atoms with Crippen molar-refractivity contribution in [2.75, 3.05) is 30.8 Å². The third-order valence-corrected chi connectivity index (χ3v) is 6.40. The quantitative estimate of drug-likeness (QED) is 0.588. The van der Waals surface area contributed by atoms with Gasteiger partial charge in [-0.25, -0.2) is 0 Å². The van der Waals surface area contributed by atoms with Crippen LogP contribution in [0.15, 0.2) is 59.8 Å². The summed E-state index contributed by atoms with van der Waals surface area (Å²) >= 11 is 1.79. The van der Waals surface area contributed by atoms with E-state index in [0.717, 1.165) is 49.4 Å². The minimum atomic E-state index is -0.0276. The highest BCUT2D eigenvalue weighted by Gasteiger charge is 2.54. The Morgan fingerprint density at radius 1 is 1.30 bits per heavy atom. The standard InChI is InChI=1S/C22H25N3OS/c1-27-18-6-2-5-17(12-18)25-14-20-19(21(20)15-25)9-11-24-22(26)8-7-16-4-3-10-23-13-16/h2-8,10,12-13,19-21H,9,11,14-15H2,1H3,(H,24,26)/b8-7+. The van der Waals surface area contributed by atoms with Crippen molar-refractivity contribution in [2.24, 2.45) is 17.8 Å². The van der Waals surface area contributed by atoms with E-state index in [0.29, 0.717) is 0 Å². The van der Waals surface area contributed by atoms with Crippen LogP contribution >= 0.6 is 11.8 Å². The number of benzene rings is 1. The predicted molar refractivity (Wildman–Crippen MR) is 112 cm³/mol. The number of carbonyl (C=O) groups excluding carboxylic acids is 1. The zero-order valence-corrected chi connectivity index (χ0v) is 16.4. The van der Waals surface area contributed by atoms with Gasteiger partial charge in [-0.05, 0) is 66.3 Å². The molecule has 2 fully saturated rings. The molecule has 2 heterocycles. The topological polar surface area (TPSA) is 45.2 Å². The number of piperidine rings is 1. The number of anilines is 1. The van der Waals surface area contributed by atoms with Gasteiger partial charge in [0.1, 0.15) is 0 Å². The Morgan fingerprint density at radius 3 is 2.89 bits per heavy atom. The molecule has 1 aliphatic carbocycles. The van der Waals surface area contributed by atoms with Crippen LogP contribution in [0.25, 0.3) is 6.08 Å². The van der Waals surface area contributed by atoms with Crippen LogP contribution in [0.3, 0.4) is 0 Å². The van der Waals surface area contributed by atoms with Gasteiger partial charge in [-0.15, -0.1) is 11.8 Å². The summed E-state index contributed by atoms with van der Waals surface area (Å²) in [5.41, 5.74) is 2.29. The Morgan fingerprint density at radius 2 is 2.15 bits per heavy atom. The predicted octanol–water partition coefficient (Wildman–Crippen LogP) is 3.71. The Labute approximate surface area is 165 Å². The first kappa shape index (κ1) is 18.1. The molecule has 1 aromatic heterocycles. The lowest BCUT2D eigenvalue weighted by Gasteiger charge is -2.22. The van der Waals surface area contributed by atoms with Gasteiger partial charge in [0.25, 0.3) is 0 Å². The van der Waals surface area contributed by atoms with Crippen LogP contribution in [0.2, 0.25) is 0 Å². The van der Waals surface area contributed by atoms with Crippen LogP contribution in [0, 0.1) is 17.8 Å². The van der Waals surface area contributed by atoms with E-state index in [1.807, 2.05) is 12.1 Å². The summed E-state index contributed by atoms with van der Waals surface area (Å²) in [6, 6.07) is 12.6. The van der Waals surface area contributed by atoms with Crippen molar-refractivity contribution in [1.82, 2.24) is 10.3 Å².